The summed E-state index contributed by atoms with van der Waals surface area (Å²) in [6.07, 6.45) is 14.1. The summed E-state index contributed by atoms with van der Waals surface area (Å²) in [6.45, 7) is 1.46. The molecule has 2 aromatic carbocycles. The van der Waals surface area contributed by atoms with E-state index in [1.54, 1.807) is 10.9 Å². The minimum absolute atomic E-state index is 0.118. The van der Waals surface area contributed by atoms with E-state index in [1.807, 2.05) is 28.9 Å². The van der Waals surface area contributed by atoms with Crippen molar-refractivity contribution in [1.29, 1.82) is 0 Å². The van der Waals surface area contributed by atoms with E-state index in [-0.39, 0.29) is 35.7 Å². The number of hydrogen-bond donors (Lipinski definition) is 2. The standard InChI is InChI=1S/C20H20FIN4O.C20H21FN4O/c21-15-11-14-18(22)25-26(17-9-1-2-10-27-17)20(14)24-19(15)23-16-8-4-6-12-5-3-7-13(12)16;21-16-11-14-12-22-25(18-9-1-2-10-26-18)20(14)24-19(16)23-17-8-4-6-13-5-3-7-15(13)17/h4,6,8,11,17H,1-3,5,7,9-10H2,(H,23,24);4,6,8,11-12,18H,1-3,5,7,9-10H2,(H,23,24). The maximum absolute atomic E-state index is 14.8. The summed E-state index contributed by atoms with van der Waals surface area (Å²) in [6, 6.07) is 15.4. The van der Waals surface area contributed by atoms with E-state index in [9.17, 15) is 8.78 Å². The van der Waals surface area contributed by atoms with Gasteiger partial charge in [-0.2, -0.15) is 10.2 Å². The fourth-order valence-corrected chi connectivity index (χ4v) is 8.73. The van der Waals surface area contributed by atoms with Crippen LogP contribution in [0.25, 0.3) is 22.1 Å². The summed E-state index contributed by atoms with van der Waals surface area (Å²) < 4.78 is 45.5. The topological polar surface area (TPSA) is 104 Å². The van der Waals surface area contributed by atoms with Gasteiger partial charge in [0.1, 0.15) is 3.70 Å². The highest BCUT2D eigenvalue weighted by molar-refractivity contribution is 14.1. The van der Waals surface area contributed by atoms with Crippen molar-refractivity contribution < 1.29 is 18.3 Å². The van der Waals surface area contributed by atoms with Crippen LogP contribution in [0.15, 0.2) is 54.7 Å². The first-order chi connectivity index (χ1) is 26.0. The highest BCUT2D eigenvalue weighted by atomic mass is 127. The Hall–Kier alpha value is -4.21. The molecule has 2 saturated heterocycles. The predicted octanol–water partition coefficient (Wildman–Crippen LogP) is 9.61. The molecule has 0 saturated carbocycles. The van der Waals surface area contributed by atoms with Crippen LogP contribution in [0.1, 0.15) is 86.1 Å². The van der Waals surface area contributed by atoms with Crippen molar-refractivity contribution in [3.63, 3.8) is 0 Å². The fraction of sp³-hybridized carbons (Fsp3) is 0.400. The number of fused-ring (bicyclic) bond motifs is 4. The van der Waals surface area contributed by atoms with Crippen molar-refractivity contribution in [1.82, 2.24) is 29.5 Å². The van der Waals surface area contributed by atoms with Gasteiger partial charge in [-0.1, -0.05) is 24.3 Å². The molecule has 6 aromatic rings. The summed E-state index contributed by atoms with van der Waals surface area (Å²) in [5, 5.41) is 16.9. The SMILES string of the molecule is Fc1cc2c(I)nn(C3CCCCO3)c2nc1Nc1cccc2c1CCC2.Fc1cc2cnn(C3CCCCO3)c2nc1Nc1cccc2c1CCC2. The zero-order valence-corrected chi connectivity index (χ0v) is 31.5. The van der Waals surface area contributed by atoms with E-state index < -0.39 is 0 Å². The molecule has 0 spiro atoms. The summed E-state index contributed by atoms with van der Waals surface area (Å²) in [5.74, 6) is -0.233. The summed E-state index contributed by atoms with van der Waals surface area (Å²) in [7, 11) is 0. The molecule has 6 heterocycles. The smallest absolute Gasteiger partial charge is 0.169 e. The van der Waals surface area contributed by atoms with E-state index in [1.165, 1.54) is 34.4 Å². The Morgan fingerprint density at radius 3 is 1.87 bits per heavy atom. The Labute approximate surface area is 319 Å². The molecule has 10 nitrogen and oxygen atoms in total. The number of nitrogens with one attached hydrogen (secondary N) is 2. The number of aromatic nitrogens is 6. The van der Waals surface area contributed by atoms with Gasteiger partial charge in [0.05, 0.1) is 11.6 Å². The maximum atomic E-state index is 14.8. The second kappa shape index (κ2) is 14.9. The van der Waals surface area contributed by atoms with Crippen molar-refractivity contribution in [2.24, 2.45) is 0 Å². The third-order valence-electron chi connectivity index (χ3n) is 10.8. The first-order valence-electron chi connectivity index (χ1n) is 18.8. The Morgan fingerprint density at radius 1 is 0.679 bits per heavy atom. The lowest BCUT2D eigenvalue weighted by Crippen LogP contribution is -2.19. The van der Waals surface area contributed by atoms with Crippen LogP contribution in [0.4, 0.5) is 31.8 Å². The van der Waals surface area contributed by atoms with E-state index >= 15 is 0 Å². The molecule has 2 fully saturated rings. The van der Waals surface area contributed by atoms with Crippen LogP contribution in [-0.2, 0) is 35.2 Å². The molecule has 2 unspecified atom stereocenters. The molecule has 10 rings (SSSR count). The first-order valence-corrected chi connectivity index (χ1v) is 19.8. The molecule has 0 radical (unpaired) electrons. The van der Waals surface area contributed by atoms with Crippen molar-refractivity contribution in [2.75, 3.05) is 23.8 Å². The summed E-state index contributed by atoms with van der Waals surface area (Å²) in [4.78, 5) is 9.19. The number of benzene rings is 2. The van der Waals surface area contributed by atoms with Gasteiger partial charge >= 0.3 is 0 Å². The molecule has 4 aromatic heterocycles. The molecule has 13 heteroatoms. The van der Waals surface area contributed by atoms with Crippen molar-refractivity contribution in [3.05, 3.63) is 92.3 Å². The Balaban J connectivity index is 0.000000141. The molecule has 0 bridgehead atoms. The van der Waals surface area contributed by atoms with Gasteiger partial charge in [0.25, 0.3) is 0 Å². The quantitative estimate of drug-likeness (QED) is 0.160. The van der Waals surface area contributed by atoms with Gasteiger partial charge in [0.15, 0.2) is 47.0 Å². The molecular formula is C40H41F2IN8O2. The third kappa shape index (κ3) is 6.87. The van der Waals surface area contributed by atoms with Crippen LogP contribution in [0.3, 0.4) is 0 Å². The molecule has 2 aliphatic heterocycles. The van der Waals surface area contributed by atoms with Gasteiger partial charge < -0.3 is 20.1 Å². The highest BCUT2D eigenvalue weighted by Gasteiger charge is 2.25. The zero-order valence-electron chi connectivity index (χ0n) is 29.4. The van der Waals surface area contributed by atoms with Gasteiger partial charge in [0.2, 0.25) is 0 Å². The van der Waals surface area contributed by atoms with Crippen LogP contribution in [0, 0.1) is 15.3 Å². The van der Waals surface area contributed by atoms with E-state index in [2.05, 4.69) is 65.5 Å². The number of halogens is 3. The Bertz CT molecular complexity index is 2300. The molecule has 2 atom stereocenters. The second-order valence-electron chi connectivity index (χ2n) is 14.2. The number of pyridine rings is 2. The summed E-state index contributed by atoms with van der Waals surface area (Å²) in [5.41, 5.74) is 8.47. The van der Waals surface area contributed by atoms with Crippen LogP contribution < -0.4 is 10.6 Å². The molecule has 53 heavy (non-hydrogen) atoms. The number of rotatable bonds is 6. The van der Waals surface area contributed by atoms with Crippen molar-refractivity contribution >= 4 is 67.7 Å². The van der Waals surface area contributed by atoms with Crippen LogP contribution in [-0.4, -0.2) is 42.7 Å². The Kier molecular flexibility index (Phi) is 9.72. The van der Waals surface area contributed by atoms with Gasteiger partial charge in [-0.15, -0.1) is 0 Å². The number of ether oxygens (including phenoxy) is 2. The molecule has 4 aliphatic rings. The molecule has 274 valence electrons. The molecule has 2 aliphatic carbocycles. The Morgan fingerprint density at radius 2 is 1.26 bits per heavy atom. The lowest BCUT2D eigenvalue weighted by Gasteiger charge is -2.23. The van der Waals surface area contributed by atoms with Crippen molar-refractivity contribution in [2.45, 2.75) is 89.5 Å². The zero-order chi connectivity index (χ0) is 35.9. The van der Waals surface area contributed by atoms with Gasteiger partial charge in [-0.25, -0.2) is 28.1 Å². The van der Waals surface area contributed by atoms with E-state index in [0.717, 1.165) is 111 Å². The van der Waals surface area contributed by atoms with Gasteiger partial charge in [-0.05, 0) is 146 Å². The average molecular weight is 831 g/mol. The van der Waals surface area contributed by atoms with Crippen molar-refractivity contribution in [3.8, 4) is 0 Å². The summed E-state index contributed by atoms with van der Waals surface area (Å²) >= 11 is 2.14. The number of hydrogen-bond acceptors (Lipinski definition) is 8. The fourth-order valence-electron chi connectivity index (χ4n) is 8.10. The molecular weight excluding hydrogens is 789 g/mol. The van der Waals surface area contributed by atoms with Gasteiger partial charge in [0, 0.05) is 30.0 Å². The lowest BCUT2D eigenvalue weighted by molar-refractivity contribution is -0.0372. The second-order valence-corrected chi connectivity index (χ2v) is 15.3. The van der Waals surface area contributed by atoms with Crippen LogP contribution in [0.2, 0.25) is 0 Å². The van der Waals surface area contributed by atoms with E-state index in [4.69, 9.17) is 9.47 Å². The third-order valence-corrected chi connectivity index (χ3v) is 11.6. The van der Waals surface area contributed by atoms with Crippen LogP contribution in [0.5, 0.6) is 0 Å². The number of nitrogens with zero attached hydrogens (tertiary/aromatic N) is 6. The minimum atomic E-state index is -0.364. The van der Waals surface area contributed by atoms with E-state index in [0.29, 0.717) is 16.7 Å². The molecule has 2 N–H and O–H groups in total. The average Bonchev–Trinajstić information content (AvgIpc) is 4.00. The monoisotopic (exact) mass is 830 g/mol. The number of anilines is 4. The maximum Gasteiger partial charge on any atom is 0.169 e. The highest BCUT2D eigenvalue weighted by Crippen LogP contribution is 2.35. The molecule has 0 amide bonds. The van der Waals surface area contributed by atoms with Crippen LogP contribution >= 0.6 is 22.6 Å². The lowest BCUT2D eigenvalue weighted by atomic mass is 10.1. The first kappa shape index (κ1) is 34.6. The normalized spacial score (nSPS) is 19.5. The largest absolute Gasteiger partial charge is 0.356 e. The van der Waals surface area contributed by atoms with Gasteiger partial charge in [-0.3, -0.25) is 0 Å². The minimum Gasteiger partial charge on any atom is -0.356 e. The predicted molar refractivity (Wildman–Crippen MR) is 209 cm³/mol. The number of aryl methyl sites for hydroxylation is 2.